The van der Waals surface area contributed by atoms with Crippen molar-refractivity contribution in [1.29, 1.82) is 0 Å². The molecule has 0 bridgehead atoms. The number of rotatable bonds is 14. The number of phenols is 3. The van der Waals surface area contributed by atoms with Crippen molar-refractivity contribution in [3.05, 3.63) is 72.8 Å². The van der Waals surface area contributed by atoms with Crippen LogP contribution < -0.4 is 0 Å². The van der Waals surface area contributed by atoms with Crippen molar-refractivity contribution < 1.29 is 125 Å². The highest BCUT2D eigenvalue weighted by Crippen LogP contribution is 2.74. The zero-order valence-corrected chi connectivity index (χ0v) is 28.0. The average Bonchev–Trinajstić information content (AvgIpc) is 3.10. The molecule has 0 saturated carbocycles. The van der Waals surface area contributed by atoms with Gasteiger partial charge in [0.1, 0.15) is 22.1 Å². The molecule has 3 aromatic rings. The van der Waals surface area contributed by atoms with Crippen LogP contribution in [0.5, 0.6) is 17.2 Å². The second-order valence-corrected chi connectivity index (χ2v) is 14.2. The van der Waals surface area contributed by atoms with Crippen LogP contribution in [0.4, 0.5) is 101 Å². The Morgan fingerprint density at radius 2 is 0.695 bits per heavy atom. The number of hydrogen-bond acceptors (Lipinski definition) is 5. The van der Waals surface area contributed by atoms with E-state index in [-0.39, 0.29) is 12.1 Å². The van der Waals surface area contributed by atoms with Crippen LogP contribution in [-0.2, 0) is 8.98 Å². The largest absolute Gasteiger partial charge is 0.508 e. The van der Waals surface area contributed by atoms with E-state index in [1.807, 2.05) is 0 Å². The summed E-state index contributed by atoms with van der Waals surface area (Å²) in [5.74, 6) is -100.0. The van der Waals surface area contributed by atoms with E-state index in [0.29, 0.717) is 24.3 Å². The Kier molecular flexibility index (Phi) is 11.7. The van der Waals surface area contributed by atoms with Gasteiger partial charge in [-0.1, -0.05) is 36.4 Å². The van der Waals surface area contributed by atoms with Gasteiger partial charge in [-0.3, -0.25) is 0 Å². The lowest BCUT2D eigenvalue weighted by Crippen LogP contribution is -2.78. The van der Waals surface area contributed by atoms with Crippen molar-refractivity contribution in [2.24, 2.45) is 0 Å². The molecule has 0 aromatic heterocycles. The molecule has 59 heavy (non-hydrogen) atoms. The number of carbonyl (C=O) groups excluding carboxylic acids is 1. The smallest absolute Gasteiger partial charge is 0.460 e. The minimum absolute atomic E-state index is 0.222. The lowest BCUT2D eigenvalue weighted by Gasteiger charge is -2.45. The van der Waals surface area contributed by atoms with Gasteiger partial charge in [0.05, 0.1) is 0 Å². The topological polar surface area (TPSA) is 87.0 Å². The fourth-order valence-electron chi connectivity index (χ4n) is 4.66. The van der Waals surface area contributed by atoms with Crippen molar-refractivity contribution in [2.45, 2.75) is 80.1 Å². The summed E-state index contributed by atoms with van der Waals surface area (Å²) in [6.07, 6.45) is -8.20. The predicted octanol–water partition coefficient (Wildman–Crippen LogP) is 11.5. The first-order valence-electron chi connectivity index (χ1n) is 14.4. The van der Waals surface area contributed by atoms with Gasteiger partial charge in [0.25, 0.3) is 0 Å². The Balaban J connectivity index is 2.29. The monoisotopic (exact) mass is 924 g/mol. The van der Waals surface area contributed by atoms with Crippen molar-refractivity contribution in [2.75, 3.05) is 0 Å². The zero-order chi connectivity index (χ0) is 46.2. The summed E-state index contributed by atoms with van der Waals surface area (Å²) in [5, 5.41) is 30.9. The summed E-state index contributed by atoms with van der Waals surface area (Å²) < 4.78 is 326. The highest BCUT2D eigenvalue weighted by atomic mass is 32.3. The number of carbonyl (C=O) groups is 1. The first-order valence-corrected chi connectivity index (χ1v) is 16.0. The van der Waals surface area contributed by atoms with Crippen LogP contribution >= 0.6 is 10.3 Å². The first kappa shape index (κ1) is 48.6. The molecule has 0 aliphatic carbocycles. The maximum absolute atomic E-state index is 15.3. The van der Waals surface area contributed by atoms with Gasteiger partial charge >= 0.3 is 71.4 Å². The summed E-state index contributed by atoms with van der Waals surface area (Å²) >= 11 is 0. The molecule has 0 aliphatic rings. The lowest BCUT2D eigenvalue weighted by molar-refractivity contribution is -0.477. The molecule has 0 fully saturated rings. The van der Waals surface area contributed by atoms with Crippen LogP contribution in [0.3, 0.4) is 0 Å². The molecule has 0 radical (unpaired) electrons. The predicted molar refractivity (Wildman–Crippen MR) is 148 cm³/mol. The van der Waals surface area contributed by atoms with Gasteiger partial charge in [-0.05, 0) is 24.3 Å². The van der Waals surface area contributed by atoms with Crippen LogP contribution in [0.25, 0.3) is 0 Å². The van der Waals surface area contributed by atoms with Crippen molar-refractivity contribution >= 4 is 16.3 Å². The van der Waals surface area contributed by atoms with Crippen LogP contribution in [0.1, 0.15) is 0 Å². The lowest BCUT2D eigenvalue weighted by atomic mass is 9.85. The Bertz CT molecular complexity index is 1960. The minimum atomic E-state index is -9.64. The number of phenolic OH excluding ortho intramolecular Hbond substituents is 3. The molecule has 0 saturated heterocycles. The minimum Gasteiger partial charge on any atom is -0.508 e. The van der Waals surface area contributed by atoms with Gasteiger partial charge in [0.2, 0.25) is 0 Å². The third-order valence-electron chi connectivity index (χ3n) is 7.83. The number of alkyl halides is 23. The van der Waals surface area contributed by atoms with E-state index >= 15 is 8.78 Å². The molecular formula is C30H15F23O5S. The van der Waals surface area contributed by atoms with Gasteiger partial charge in [-0.2, -0.15) is 101 Å². The third kappa shape index (κ3) is 6.54. The molecule has 0 unspecified atom stereocenters. The van der Waals surface area contributed by atoms with E-state index in [9.17, 15) is 112 Å². The van der Waals surface area contributed by atoms with E-state index in [2.05, 4.69) is 4.18 Å². The molecule has 0 heterocycles. The fourth-order valence-corrected chi connectivity index (χ4v) is 7.80. The summed E-state index contributed by atoms with van der Waals surface area (Å²) in [7, 11) is -5.03. The normalized spacial score (nSPS) is 15.2. The third-order valence-corrected chi connectivity index (χ3v) is 11.1. The summed E-state index contributed by atoms with van der Waals surface area (Å²) in [6, 6.07) is 8.91. The zero-order valence-electron chi connectivity index (χ0n) is 27.2. The fraction of sp³-hybridized carbons (Fsp3) is 0.367. The molecule has 5 nitrogen and oxygen atoms in total. The van der Waals surface area contributed by atoms with Gasteiger partial charge in [0.15, 0.2) is 0 Å². The molecule has 0 aliphatic heterocycles. The molecule has 29 heteroatoms. The molecule has 3 aromatic carbocycles. The summed E-state index contributed by atoms with van der Waals surface area (Å²) in [5.41, 5.74) is 0. The summed E-state index contributed by atoms with van der Waals surface area (Å²) in [4.78, 5) is 9.79. The van der Waals surface area contributed by atoms with Crippen LogP contribution in [0.2, 0.25) is 0 Å². The van der Waals surface area contributed by atoms with Crippen molar-refractivity contribution in [1.82, 2.24) is 0 Å². The van der Waals surface area contributed by atoms with Crippen LogP contribution in [0.15, 0.2) is 87.5 Å². The average molecular weight is 924 g/mol. The Morgan fingerprint density at radius 3 is 0.983 bits per heavy atom. The summed E-state index contributed by atoms with van der Waals surface area (Å²) in [6.45, 7) is 0. The van der Waals surface area contributed by atoms with Crippen molar-refractivity contribution in [3.63, 3.8) is 0 Å². The van der Waals surface area contributed by atoms with Crippen molar-refractivity contribution in [3.8, 4) is 17.2 Å². The SMILES string of the molecule is O=C(OS(c1ccccc1)(c1ccccc1)c1c(O)cc(O)cc1O)C(F)(F)C(F)(F)C(F)(F)C(F)(F)C(F)(F)C(F)(F)C(F)(F)C(F)(F)C(F)(F)C(F)(F)C(F)(F)F. The molecule has 3 N–H and O–H groups in total. The van der Waals surface area contributed by atoms with Gasteiger partial charge in [-0.15, -0.1) is 0 Å². The van der Waals surface area contributed by atoms with E-state index in [1.165, 1.54) is 0 Å². The molecular weight excluding hydrogens is 909 g/mol. The molecule has 332 valence electrons. The van der Waals surface area contributed by atoms with E-state index in [0.717, 1.165) is 36.4 Å². The standard InChI is InChI=1S/C30H15F23O5S/c31-20(32,19(57)58-59(14-7-3-1-4-8-14,15-9-5-2-6-10-15)18-16(55)11-13(54)12-17(18)56)21(33,34)22(35,36)23(37,38)24(39,40)25(41,42)26(43,44)27(45,46)28(47,48)29(49,50)30(51,52)53/h1-12,54-56H. The van der Waals surface area contributed by atoms with Gasteiger partial charge in [0, 0.05) is 32.2 Å². The Labute approximate surface area is 312 Å². The van der Waals surface area contributed by atoms with Gasteiger partial charge in [-0.25, -0.2) is 4.79 Å². The second kappa shape index (κ2) is 14.2. The van der Waals surface area contributed by atoms with Crippen LogP contribution in [-0.4, -0.2) is 86.7 Å². The van der Waals surface area contributed by atoms with Crippen LogP contribution in [0, 0.1) is 0 Å². The number of benzene rings is 3. The van der Waals surface area contributed by atoms with E-state index < -0.39 is 114 Å². The van der Waals surface area contributed by atoms with E-state index in [4.69, 9.17) is 0 Å². The highest BCUT2D eigenvalue weighted by molar-refractivity contribution is 8.30. The Hall–Kier alpha value is -4.73. The molecule has 0 amide bonds. The highest BCUT2D eigenvalue weighted by Gasteiger charge is 2.99. The number of hydrogen-bond donors (Lipinski definition) is 3. The quantitative estimate of drug-likeness (QED) is 0.140. The number of aromatic hydroxyl groups is 3. The van der Waals surface area contributed by atoms with Gasteiger partial charge < -0.3 is 19.5 Å². The second-order valence-electron chi connectivity index (χ2n) is 11.6. The number of halogens is 23. The molecule has 3 rings (SSSR count). The maximum Gasteiger partial charge on any atom is 0.460 e. The first-order chi connectivity index (χ1) is 26.2. The Morgan fingerprint density at radius 1 is 0.424 bits per heavy atom. The maximum atomic E-state index is 15.3. The molecule has 0 atom stereocenters. The molecule has 0 spiro atoms. The van der Waals surface area contributed by atoms with E-state index in [1.54, 1.807) is 0 Å².